The molecule has 1 N–H and O–H groups in total. The summed E-state index contributed by atoms with van der Waals surface area (Å²) in [5, 5.41) is 2.76. The van der Waals surface area contributed by atoms with Crippen molar-refractivity contribution in [3.63, 3.8) is 0 Å². The molecule has 2 aromatic heterocycles. The van der Waals surface area contributed by atoms with Crippen molar-refractivity contribution in [2.45, 2.75) is 25.3 Å². The summed E-state index contributed by atoms with van der Waals surface area (Å²) in [7, 11) is 0. The molecule has 0 aliphatic carbocycles. The number of nitrogens with zero attached hydrogens (tertiary/aromatic N) is 5. The Kier molecular flexibility index (Phi) is 6.22. The maximum atomic E-state index is 12.5. The summed E-state index contributed by atoms with van der Waals surface area (Å²) >= 11 is 0. The molecule has 0 spiro atoms. The molecule has 2 fully saturated rings. The Bertz CT molecular complexity index is 1430. The average Bonchev–Trinajstić information content (AvgIpc) is 3.40. The number of anilines is 2. The summed E-state index contributed by atoms with van der Waals surface area (Å²) in [5.41, 5.74) is 5.99. The van der Waals surface area contributed by atoms with Crippen molar-refractivity contribution in [2.24, 2.45) is 0 Å². The molecule has 2 saturated heterocycles. The molecule has 2 aliphatic rings. The van der Waals surface area contributed by atoms with Gasteiger partial charge in [0.25, 0.3) is 0 Å². The van der Waals surface area contributed by atoms with Gasteiger partial charge in [-0.3, -0.25) is 19.6 Å². The molecule has 2 aromatic carbocycles. The number of carbonyl (C=O) groups is 2. The van der Waals surface area contributed by atoms with Crippen LogP contribution < -0.4 is 15.1 Å². The van der Waals surface area contributed by atoms with Gasteiger partial charge in [-0.1, -0.05) is 30.3 Å². The van der Waals surface area contributed by atoms with E-state index in [2.05, 4.69) is 37.2 Å². The van der Waals surface area contributed by atoms with Crippen molar-refractivity contribution in [1.29, 1.82) is 0 Å². The molecule has 0 radical (unpaired) electrons. The number of Topliss-reactive ketones (excluding diaryl/α,β-unsaturated/α-hetero) is 1. The first kappa shape index (κ1) is 23.1. The van der Waals surface area contributed by atoms with Crippen molar-refractivity contribution in [1.82, 2.24) is 20.3 Å². The van der Waals surface area contributed by atoms with Crippen LogP contribution in [0.3, 0.4) is 0 Å². The number of fused-ring (bicyclic) bond motifs is 1. The number of aromatic nitrogens is 3. The number of ketones is 1. The third kappa shape index (κ3) is 5.00. The summed E-state index contributed by atoms with van der Waals surface area (Å²) in [6, 6.07) is 17.9. The Morgan fingerprint density at radius 1 is 0.892 bits per heavy atom. The standard InChI is InChI=1S/C29H28N6O2/c36-27(25-7-8-29(37)33-25)17-20-1-3-21(4-2-20)22-5-6-24-26(18-22)32-28(19-31-24)35-15-13-34(14-16-35)23-9-11-30-12-10-23/h1-6,9-12,18-19,25H,7-8,13-17H2,(H,33,37). The highest BCUT2D eigenvalue weighted by atomic mass is 16.2. The number of pyridine rings is 1. The molecule has 2 aliphatic heterocycles. The van der Waals surface area contributed by atoms with Crippen LogP contribution in [0.25, 0.3) is 22.2 Å². The van der Waals surface area contributed by atoms with Gasteiger partial charge in [-0.2, -0.15) is 0 Å². The van der Waals surface area contributed by atoms with Crippen LogP contribution in [-0.4, -0.2) is 58.9 Å². The van der Waals surface area contributed by atoms with Gasteiger partial charge in [0.15, 0.2) is 5.78 Å². The Balaban J connectivity index is 1.14. The van der Waals surface area contributed by atoms with Crippen LogP contribution in [0, 0.1) is 0 Å². The van der Waals surface area contributed by atoms with Crippen LogP contribution in [-0.2, 0) is 16.0 Å². The summed E-state index contributed by atoms with van der Waals surface area (Å²) < 4.78 is 0. The van der Waals surface area contributed by atoms with Crippen molar-refractivity contribution < 1.29 is 9.59 Å². The second kappa shape index (κ2) is 9.97. The molecule has 4 heterocycles. The number of amides is 1. The first-order chi connectivity index (χ1) is 18.1. The maximum absolute atomic E-state index is 12.5. The van der Waals surface area contributed by atoms with Gasteiger partial charge < -0.3 is 15.1 Å². The molecule has 1 atom stereocenters. The first-order valence-corrected chi connectivity index (χ1v) is 12.7. The van der Waals surface area contributed by atoms with E-state index in [4.69, 9.17) is 4.98 Å². The molecular formula is C29H28N6O2. The van der Waals surface area contributed by atoms with E-state index < -0.39 is 0 Å². The van der Waals surface area contributed by atoms with Crippen molar-refractivity contribution in [2.75, 3.05) is 36.0 Å². The number of rotatable bonds is 6. The number of benzene rings is 2. The first-order valence-electron chi connectivity index (χ1n) is 12.7. The molecule has 6 rings (SSSR count). The van der Waals surface area contributed by atoms with E-state index in [1.807, 2.05) is 61.1 Å². The third-order valence-electron chi connectivity index (χ3n) is 7.21. The van der Waals surface area contributed by atoms with Crippen LogP contribution >= 0.6 is 0 Å². The van der Waals surface area contributed by atoms with Crippen LogP contribution in [0.4, 0.5) is 11.5 Å². The minimum Gasteiger partial charge on any atom is -0.368 e. The lowest BCUT2D eigenvalue weighted by Gasteiger charge is -2.36. The minimum atomic E-state index is -0.348. The fourth-order valence-electron chi connectivity index (χ4n) is 5.08. The molecule has 8 heteroatoms. The zero-order valence-corrected chi connectivity index (χ0v) is 20.5. The van der Waals surface area contributed by atoms with E-state index in [0.717, 1.165) is 59.7 Å². The molecule has 8 nitrogen and oxygen atoms in total. The monoisotopic (exact) mass is 492 g/mol. The lowest BCUT2D eigenvalue weighted by Crippen LogP contribution is -2.46. The van der Waals surface area contributed by atoms with Crippen molar-refractivity contribution >= 4 is 34.2 Å². The predicted octanol–water partition coefficient (Wildman–Crippen LogP) is 3.41. The van der Waals surface area contributed by atoms with Gasteiger partial charge in [0.1, 0.15) is 5.82 Å². The number of piperazine rings is 1. The van der Waals surface area contributed by atoms with Gasteiger partial charge in [0, 0.05) is 57.1 Å². The highest BCUT2D eigenvalue weighted by molar-refractivity contribution is 5.93. The Labute approximate surface area is 215 Å². The molecule has 0 saturated carbocycles. The molecule has 1 amide bonds. The highest BCUT2D eigenvalue weighted by Gasteiger charge is 2.26. The summed E-state index contributed by atoms with van der Waals surface area (Å²) in [4.78, 5) is 42.3. The fraction of sp³-hybridized carbons (Fsp3) is 0.276. The predicted molar refractivity (Wildman–Crippen MR) is 144 cm³/mol. The maximum Gasteiger partial charge on any atom is 0.220 e. The average molecular weight is 493 g/mol. The van der Waals surface area contributed by atoms with Crippen molar-refractivity contribution in [3.8, 4) is 11.1 Å². The minimum absolute atomic E-state index is 0.0385. The Hall–Kier alpha value is -4.33. The fourth-order valence-corrected chi connectivity index (χ4v) is 5.08. The van der Waals surface area contributed by atoms with Crippen molar-refractivity contribution in [3.05, 3.63) is 78.8 Å². The topological polar surface area (TPSA) is 91.3 Å². The van der Waals surface area contributed by atoms with Gasteiger partial charge in [0.05, 0.1) is 23.3 Å². The van der Waals surface area contributed by atoms with Gasteiger partial charge in [-0.25, -0.2) is 4.98 Å². The number of hydrogen-bond acceptors (Lipinski definition) is 7. The van der Waals surface area contributed by atoms with Gasteiger partial charge >= 0.3 is 0 Å². The van der Waals surface area contributed by atoms with Gasteiger partial charge in [-0.05, 0) is 47.4 Å². The smallest absolute Gasteiger partial charge is 0.220 e. The van der Waals surface area contributed by atoms with E-state index in [1.165, 1.54) is 5.69 Å². The Morgan fingerprint density at radius 3 is 2.35 bits per heavy atom. The van der Waals surface area contributed by atoms with E-state index in [0.29, 0.717) is 19.3 Å². The normalized spacial score (nSPS) is 17.7. The molecule has 4 aromatic rings. The number of carbonyl (C=O) groups excluding carboxylic acids is 2. The second-order valence-electron chi connectivity index (χ2n) is 9.61. The van der Waals surface area contributed by atoms with Crippen LogP contribution in [0.2, 0.25) is 0 Å². The van der Waals surface area contributed by atoms with Crippen LogP contribution in [0.15, 0.2) is 73.2 Å². The van der Waals surface area contributed by atoms with E-state index >= 15 is 0 Å². The third-order valence-corrected chi connectivity index (χ3v) is 7.21. The van der Waals surface area contributed by atoms with Gasteiger partial charge in [-0.15, -0.1) is 0 Å². The lowest BCUT2D eigenvalue weighted by molar-refractivity contribution is -0.124. The zero-order chi connectivity index (χ0) is 25.2. The van der Waals surface area contributed by atoms with E-state index in [9.17, 15) is 9.59 Å². The second-order valence-corrected chi connectivity index (χ2v) is 9.61. The molecule has 186 valence electrons. The Morgan fingerprint density at radius 2 is 1.62 bits per heavy atom. The summed E-state index contributed by atoms with van der Waals surface area (Å²) in [6.07, 6.45) is 6.88. The quantitative estimate of drug-likeness (QED) is 0.441. The number of hydrogen-bond donors (Lipinski definition) is 1. The van der Waals surface area contributed by atoms with Gasteiger partial charge in [0.2, 0.25) is 5.91 Å². The van der Waals surface area contributed by atoms with Crippen LogP contribution in [0.5, 0.6) is 0 Å². The molecule has 0 bridgehead atoms. The lowest BCUT2D eigenvalue weighted by atomic mass is 9.99. The van der Waals surface area contributed by atoms with E-state index in [1.54, 1.807) is 0 Å². The number of nitrogens with one attached hydrogen (secondary N) is 1. The largest absolute Gasteiger partial charge is 0.368 e. The highest BCUT2D eigenvalue weighted by Crippen LogP contribution is 2.26. The summed E-state index contributed by atoms with van der Waals surface area (Å²) in [6.45, 7) is 3.61. The van der Waals surface area contributed by atoms with E-state index in [-0.39, 0.29) is 17.7 Å². The summed E-state index contributed by atoms with van der Waals surface area (Å²) in [5.74, 6) is 0.920. The van der Waals surface area contributed by atoms with Crippen LogP contribution in [0.1, 0.15) is 18.4 Å². The molecular weight excluding hydrogens is 464 g/mol. The zero-order valence-electron chi connectivity index (χ0n) is 20.5. The molecule has 37 heavy (non-hydrogen) atoms. The molecule has 1 unspecified atom stereocenters. The SMILES string of the molecule is O=C1CCC(C(=O)Cc2ccc(-c3ccc4ncc(N5CCN(c6ccncc6)CC5)nc4c3)cc2)N1.